The third-order valence-electron chi connectivity index (χ3n) is 9.27. The summed E-state index contributed by atoms with van der Waals surface area (Å²) in [6.07, 6.45) is 12.0. The van der Waals surface area contributed by atoms with Gasteiger partial charge < -0.3 is 0 Å². The van der Waals surface area contributed by atoms with E-state index in [1.165, 1.54) is 81.3 Å². The van der Waals surface area contributed by atoms with Crippen LogP contribution in [-0.4, -0.2) is 5.92 Å². The van der Waals surface area contributed by atoms with Gasteiger partial charge in [0.2, 0.25) is 0 Å². The van der Waals surface area contributed by atoms with Crippen LogP contribution in [0.4, 0.5) is 0 Å². The Hall–Kier alpha value is -0.400. The van der Waals surface area contributed by atoms with Gasteiger partial charge in [-0.2, -0.15) is 0 Å². The third kappa shape index (κ3) is 4.45. The summed E-state index contributed by atoms with van der Waals surface area (Å²) in [5, 5.41) is 0. The van der Waals surface area contributed by atoms with E-state index in [4.69, 9.17) is 17.0 Å². The van der Waals surface area contributed by atoms with E-state index in [9.17, 15) is 0 Å². The quantitative estimate of drug-likeness (QED) is 0.245. The molecular weight excluding hydrogens is 575 g/mol. The number of unbranched alkanes of at least 4 members (excludes halogenated alkanes) is 2. The van der Waals surface area contributed by atoms with Gasteiger partial charge in [0.1, 0.15) is 0 Å². The standard InChI is InChI=1S/2C15H19.C2H7Si.2ClH.Zr/c2*1-4-5-6-13-9-14-11(2)7-8-12(3)15(14)10-13;1-3-2;;;/h2*7-10H,4-6H2,1-3H3;3H,1-2H3;2*1H;/q;;;;;+2/p-2. The summed E-state index contributed by atoms with van der Waals surface area (Å²) in [6, 6.07) is 9.20. The molecule has 36 heavy (non-hydrogen) atoms. The monoisotopic (exact) mass is 617 g/mol. The Bertz CT molecular complexity index is 1150. The van der Waals surface area contributed by atoms with Gasteiger partial charge in [-0.25, -0.2) is 0 Å². The van der Waals surface area contributed by atoms with Gasteiger partial charge in [0.15, 0.2) is 0 Å². The van der Waals surface area contributed by atoms with Gasteiger partial charge in [-0.15, -0.1) is 0 Å². The Morgan fingerprint density at radius 1 is 0.667 bits per heavy atom. The average Bonchev–Trinajstić information content (AvgIpc) is 3.43. The predicted octanol–water partition coefficient (Wildman–Crippen LogP) is 10.9. The van der Waals surface area contributed by atoms with Crippen LogP contribution in [0.3, 0.4) is 0 Å². The number of hydrogen-bond acceptors (Lipinski definition) is 0. The first kappa shape index (κ1) is 28.6. The Morgan fingerprint density at radius 2 is 1.03 bits per heavy atom. The van der Waals surface area contributed by atoms with E-state index >= 15 is 0 Å². The van der Waals surface area contributed by atoms with E-state index in [0.29, 0.717) is 0 Å². The SMILES string of the molecule is CCCCC1=Cc2c(C)ccc(C)c2[CH]1[Zr]([Cl])([Cl])([CH]1C(CCCC)=Cc2c(C)ccc(C)c21)[SiH](C)C. The maximum atomic E-state index is 8.55. The molecule has 0 saturated heterocycles. The Labute approximate surface area is 229 Å². The summed E-state index contributed by atoms with van der Waals surface area (Å²) >= 11 is -4.62. The Balaban J connectivity index is 2.05. The average molecular weight is 620 g/mol. The molecule has 0 nitrogen and oxygen atoms in total. The molecule has 0 spiro atoms. The van der Waals surface area contributed by atoms with E-state index in [0.717, 1.165) is 12.8 Å². The van der Waals surface area contributed by atoms with Crippen molar-refractivity contribution in [2.24, 2.45) is 0 Å². The van der Waals surface area contributed by atoms with E-state index in [1.54, 1.807) is 0 Å². The molecule has 2 atom stereocenters. The molecule has 0 radical (unpaired) electrons. The minimum absolute atomic E-state index is 0.226. The molecule has 0 saturated carbocycles. The molecule has 2 aromatic carbocycles. The zero-order chi connectivity index (χ0) is 26.4. The van der Waals surface area contributed by atoms with Crippen LogP contribution in [0.5, 0.6) is 0 Å². The fourth-order valence-corrected chi connectivity index (χ4v) is 38.6. The zero-order valence-electron chi connectivity index (χ0n) is 23.7. The fraction of sp³-hybridized carbons (Fsp3) is 0.500. The number of halogens is 2. The van der Waals surface area contributed by atoms with Crippen molar-refractivity contribution in [3.8, 4) is 0 Å². The van der Waals surface area contributed by atoms with Crippen molar-refractivity contribution in [2.45, 2.75) is 100 Å². The van der Waals surface area contributed by atoms with Gasteiger partial charge in [0.25, 0.3) is 0 Å². The molecule has 0 aliphatic heterocycles. The summed E-state index contributed by atoms with van der Waals surface area (Å²) in [5.74, 6) is -1.50. The Morgan fingerprint density at radius 3 is 1.36 bits per heavy atom. The number of hydrogen-bond donors (Lipinski definition) is 0. The molecule has 0 bridgehead atoms. The normalized spacial score (nSPS) is 20.1. The summed E-state index contributed by atoms with van der Waals surface area (Å²) < 4.78 is 0.451. The number of rotatable bonds is 9. The van der Waals surface area contributed by atoms with Crippen LogP contribution < -0.4 is 0 Å². The zero-order valence-corrected chi connectivity index (χ0v) is 28.8. The molecule has 2 aliphatic rings. The van der Waals surface area contributed by atoms with Crippen LogP contribution in [-0.2, 0) is 15.6 Å². The van der Waals surface area contributed by atoms with Crippen molar-refractivity contribution < 1.29 is 15.6 Å². The molecule has 0 heterocycles. The topological polar surface area (TPSA) is 0 Å². The summed E-state index contributed by atoms with van der Waals surface area (Å²) in [4.78, 5) is 0. The number of allylic oxidation sites excluding steroid dienone is 2. The first-order valence-corrected chi connectivity index (χ1v) is 30.5. The third-order valence-corrected chi connectivity index (χ3v) is 61.0. The van der Waals surface area contributed by atoms with Crippen molar-refractivity contribution in [3.63, 3.8) is 0 Å². The van der Waals surface area contributed by atoms with Crippen molar-refractivity contribution in [1.82, 2.24) is 0 Å². The van der Waals surface area contributed by atoms with Crippen LogP contribution in [0.25, 0.3) is 12.2 Å². The van der Waals surface area contributed by atoms with Crippen molar-refractivity contribution in [2.75, 3.05) is 0 Å². The van der Waals surface area contributed by atoms with Gasteiger partial charge in [0.05, 0.1) is 0 Å². The minimum atomic E-state index is -4.62. The van der Waals surface area contributed by atoms with E-state index in [-0.39, 0.29) is 7.25 Å². The number of aryl methyl sites for hydroxylation is 4. The second-order valence-corrected chi connectivity index (χ2v) is 54.5. The number of benzene rings is 2. The van der Waals surface area contributed by atoms with Gasteiger partial charge in [-0.05, 0) is 0 Å². The van der Waals surface area contributed by atoms with Gasteiger partial charge in [-0.1, -0.05) is 0 Å². The molecule has 0 N–H and O–H groups in total. The second-order valence-electron chi connectivity index (χ2n) is 11.9. The predicted molar refractivity (Wildman–Crippen MR) is 163 cm³/mol. The molecule has 0 amide bonds. The molecule has 195 valence electrons. The van der Waals surface area contributed by atoms with Crippen LogP contribution in [0.1, 0.15) is 104 Å². The molecule has 4 rings (SSSR count). The summed E-state index contributed by atoms with van der Waals surface area (Å²) in [5.41, 5.74) is 14.3. The molecule has 0 aromatic heterocycles. The fourth-order valence-electron chi connectivity index (χ4n) is 7.05. The van der Waals surface area contributed by atoms with Gasteiger partial charge in [-0.3, -0.25) is 0 Å². The second kappa shape index (κ2) is 10.6. The van der Waals surface area contributed by atoms with Crippen LogP contribution in [0, 0.1) is 27.7 Å². The van der Waals surface area contributed by atoms with Crippen molar-refractivity contribution >= 4 is 35.1 Å². The van der Waals surface area contributed by atoms with E-state index in [2.05, 4.69) is 91.1 Å². The molecule has 2 aliphatic carbocycles. The first-order chi connectivity index (χ1) is 17.0. The van der Waals surface area contributed by atoms with Crippen molar-refractivity contribution in [3.05, 3.63) is 79.9 Å². The number of fused-ring (bicyclic) bond motifs is 2. The molecular formula is C32H45Cl2SiZr. The van der Waals surface area contributed by atoms with Crippen LogP contribution >= 0.6 is 17.0 Å². The van der Waals surface area contributed by atoms with Crippen LogP contribution in [0.15, 0.2) is 35.4 Å². The molecule has 2 unspecified atom stereocenters. The van der Waals surface area contributed by atoms with Crippen molar-refractivity contribution in [1.29, 1.82) is 0 Å². The van der Waals surface area contributed by atoms with E-state index < -0.39 is 21.5 Å². The van der Waals surface area contributed by atoms with Gasteiger partial charge in [0, 0.05) is 0 Å². The van der Waals surface area contributed by atoms with Crippen LogP contribution in [0.2, 0.25) is 13.1 Å². The van der Waals surface area contributed by atoms with E-state index in [1.807, 2.05) is 0 Å². The Kier molecular flexibility index (Phi) is 8.45. The molecule has 2 aromatic rings. The molecule has 0 fully saturated rings. The first-order valence-electron chi connectivity index (χ1n) is 14.2. The summed E-state index contributed by atoms with van der Waals surface area (Å²) in [7, 11) is 17.1. The molecule has 4 heteroatoms. The maximum absolute atomic E-state index is 8.55. The summed E-state index contributed by atoms with van der Waals surface area (Å²) in [6.45, 7) is 18.7. The van der Waals surface area contributed by atoms with Gasteiger partial charge >= 0.3 is 231 Å².